The maximum absolute atomic E-state index is 13.1. The molecule has 1 atom stereocenters. The first-order valence-electron chi connectivity index (χ1n) is 10.8. The third kappa shape index (κ3) is 4.68. The van der Waals surface area contributed by atoms with Crippen LogP contribution in [-0.4, -0.2) is 39.5 Å². The highest BCUT2D eigenvalue weighted by Crippen LogP contribution is 2.25. The van der Waals surface area contributed by atoms with Crippen LogP contribution in [0.5, 0.6) is 11.5 Å². The van der Waals surface area contributed by atoms with Crippen molar-refractivity contribution in [3.05, 3.63) is 77.6 Å². The molecule has 1 aromatic heterocycles. The van der Waals surface area contributed by atoms with Crippen molar-refractivity contribution in [2.75, 3.05) is 13.1 Å². The van der Waals surface area contributed by atoms with Crippen LogP contribution < -0.4 is 4.74 Å². The first-order valence-corrected chi connectivity index (χ1v) is 10.8. The van der Waals surface area contributed by atoms with Crippen LogP contribution in [0.15, 0.2) is 60.7 Å². The van der Waals surface area contributed by atoms with Gasteiger partial charge < -0.3 is 9.64 Å². The number of benzene rings is 2. The molecule has 0 radical (unpaired) electrons. The molecule has 0 saturated carbocycles. The van der Waals surface area contributed by atoms with E-state index in [0.29, 0.717) is 36.6 Å². The van der Waals surface area contributed by atoms with Crippen molar-refractivity contribution >= 4 is 11.7 Å². The monoisotopic (exact) mass is 417 g/mol. The zero-order chi connectivity index (χ0) is 21.8. The predicted octanol–water partition coefficient (Wildman–Crippen LogP) is 4.74. The first-order chi connectivity index (χ1) is 15.0. The quantitative estimate of drug-likeness (QED) is 0.544. The van der Waals surface area contributed by atoms with Crippen molar-refractivity contribution in [2.45, 2.75) is 33.2 Å². The number of hydrogen-bond acceptors (Lipinski definition) is 4. The van der Waals surface area contributed by atoms with Gasteiger partial charge in [-0.05, 0) is 69.2 Å². The number of likely N-dealkylation sites (tertiary alicyclic amines) is 1. The Kier molecular flexibility index (Phi) is 6.16. The summed E-state index contributed by atoms with van der Waals surface area (Å²) in [6, 6.07) is 18.6. The van der Waals surface area contributed by atoms with Crippen molar-refractivity contribution in [3.63, 3.8) is 0 Å². The Labute approximate surface area is 182 Å². The average Bonchev–Trinajstić information content (AvgIpc) is 3.20. The second kappa shape index (κ2) is 9.16. The number of ketones is 1. The number of hydrogen-bond donors (Lipinski definition) is 0. The number of aromatic nitrogens is 2. The summed E-state index contributed by atoms with van der Waals surface area (Å²) in [5, 5.41) is 4.38. The number of carbonyl (C=O) groups is 2. The van der Waals surface area contributed by atoms with Crippen LogP contribution in [0.25, 0.3) is 0 Å². The predicted molar refractivity (Wildman–Crippen MR) is 119 cm³/mol. The first kappa shape index (κ1) is 20.8. The molecular weight excluding hydrogens is 390 g/mol. The lowest BCUT2D eigenvalue weighted by Crippen LogP contribution is -2.43. The normalized spacial score (nSPS) is 16.2. The summed E-state index contributed by atoms with van der Waals surface area (Å²) < 4.78 is 7.54. The van der Waals surface area contributed by atoms with Crippen LogP contribution >= 0.6 is 0 Å². The molecule has 1 saturated heterocycles. The summed E-state index contributed by atoms with van der Waals surface area (Å²) in [5.41, 5.74) is 2.07. The van der Waals surface area contributed by atoms with Crippen LogP contribution in [0.2, 0.25) is 0 Å². The third-order valence-corrected chi connectivity index (χ3v) is 5.62. The molecule has 1 fully saturated rings. The van der Waals surface area contributed by atoms with Crippen LogP contribution in [0.3, 0.4) is 0 Å². The highest BCUT2D eigenvalue weighted by atomic mass is 16.5. The second-order valence-corrected chi connectivity index (χ2v) is 7.88. The zero-order valence-electron chi connectivity index (χ0n) is 18.0. The van der Waals surface area contributed by atoms with Crippen molar-refractivity contribution in [2.24, 2.45) is 5.92 Å². The number of Topliss-reactive ketones (excluding diaryl/α,β-unsaturated/α-hetero) is 1. The summed E-state index contributed by atoms with van der Waals surface area (Å²) in [5.74, 6) is 1.27. The van der Waals surface area contributed by atoms with Gasteiger partial charge in [-0.25, -0.2) is 0 Å². The van der Waals surface area contributed by atoms with Crippen molar-refractivity contribution in [3.8, 4) is 11.5 Å². The number of piperidine rings is 1. The van der Waals surface area contributed by atoms with E-state index in [1.807, 2.05) is 62.4 Å². The average molecular weight is 418 g/mol. The maximum atomic E-state index is 13.1. The number of rotatable bonds is 6. The number of ether oxygens (including phenoxy) is 1. The summed E-state index contributed by atoms with van der Waals surface area (Å²) >= 11 is 0. The van der Waals surface area contributed by atoms with E-state index in [9.17, 15) is 9.59 Å². The van der Waals surface area contributed by atoms with E-state index in [4.69, 9.17) is 4.74 Å². The summed E-state index contributed by atoms with van der Waals surface area (Å²) in [6.45, 7) is 5.60. The smallest absolute Gasteiger partial charge is 0.272 e. The highest BCUT2D eigenvalue weighted by molar-refractivity contribution is 5.99. The van der Waals surface area contributed by atoms with Crippen molar-refractivity contribution in [1.29, 1.82) is 0 Å². The summed E-state index contributed by atoms with van der Waals surface area (Å²) in [4.78, 5) is 28.0. The van der Waals surface area contributed by atoms with Gasteiger partial charge in [0.25, 0.3) is 5.91 Å². The Morgan fingerprint density at radius 2 is 1.77 bits per heavy atom. The van der Waals surface area contributed by atoms with Crippen molar-refractivity contribution in [1.82, 2.24) is 14.7 Å². The largest absolute Gasteiger partial charge is 0.457 e. The van der Waals surface area contributed by atoms with Crippen LogP contribution in [0, 0.1) is 12.8 Å². The number of para-hydroxylation sites is 1. The van der Waals surface area contributed by atoms with E-state index in [1.165, 1.54) is 0 Å². The molecular formula is C25H27N3O3. The highest BCUT2D eigenvalue weighted by Gasteiger charge is 2.30. The zero-order valence-corrected chi connectivity index (χ0v) is 18.0. The van der Waals surface area contributed by atoms with E-state index >= 15 is 0 Å². The standard InChI is InChI=1S/C25H27N3O3/c1-3-28-23(16-18(2)26-28)25(30)27-15-7-8-20(17-27)24(29)19-11-13-22(14-12-19)31-21-9-5-4-6-10-21/h4-6,9-14,16,20H,3,7-8,15,17H2,1-2H3/t20-/m0/s1. The molecule has 0 aliphatic carbocycles. The van der Waals surface area contributed by atoms with Gasteiger partial charge in [0.05, 0.1) is 5.69 Å². The molecule has 1 aliphatic heterocycles. The van der Waals surface area contributed by atoms with Gasteiger partial charge in [0.1, 0.15) is 17.2 Å². The molecule has 2 heterocycles. The molecule has 4 rings (SSSR count). The van der Waals surface area contributed by atoms with E-state index in [1.54, 1.807) is 21.7 Å². The van der Waals surface area contributed by atoms with Gasteiger partial charge in [0.2, 0.25) is 0 Å². The van der Waals surface area contributed by atoms with Gasteiger partial charge in [0.15, 0.2) is 5.78 Å². The SMILES string of the molecule is CCn1nc(C)cc1C(=O)N1CCC[C@H](C(=O)c2ccc(Oc3ccccc3)cc2)C1. The summed E-state index contributed by atoms with van der Waals surface area (Å²) in [7, 11) is 0. The maximum Gasteiger partial charge on any atom is 0.272 e. The molecule has 1 amide bonds. The number of carbonyl (C=O) groups excluding carboxylic acids is 2. The minimum Gasteiger partial charge on any atom is -0.457 e. The Balaban J connectivity index is 1.43. The van der Waals surface area contributed by atoms with E-state index in [2.05, 4.69) is 5.10 Å². The fourth-order valence-corrected chi connectivity index (χ4v) is 4.04. The number of aryl methyl sites for hydroxylation is 2. The second-order valence-electron chi connectivity index (χ2n) is 7.88. The molecule has 6 nitrogen and oxygen atoms in total. The topological polar surface area (TPSA) is 64.4 Å². The fraction of sp³-hybridized carbons (Fsp3) is 0.320. The molecule has 0 spiro atoms. The van der Waals surface area contributed by atoms with Crippen LogP contribution in [-0.2, 0) is 6.54 Å². The van der Waals surface area contributed by atoms with Gasteiger partial charge in [0, 0.05) is 31.1 Å². The molecule has 1 aliphatic rings. The van der Waals surface area contributed by atoms with Gasteiger partial charge in [-0.3, -0.25) is 14.3 Å². The Morgan fingerprint density at radius 3 is 2.48 bits per heavy atom. The van der Waals surface area contributed by atoms with Gasteiger partial charge >= 0.3 is 0 Å². The molecule has 31 heavy (non-hydrogen) atoms. The van der Waals surface area contributed by atoms with Gasteiger partial charge in [-0.15, -0.1) is 0 Å². The number of nitrogens with zero attached hydrogens (tertiary/aromatic N) is 3. The Morgan fingerprint density at radius 1 is 1.06 bits per heavy atom. The Hall–Kier alpha value is -3.41. The molecule has 3 aromatic rings. The van der Waals surface area contributed by atoms with Crippen LogP contribution in [0.4, 0.5) is 0 Å². The lowest BCUT2D eigenvalue weighted by Gasteiger charge is -2.32. The van der Waals surface area contributed by atoms with Gasteiger partial charge in [-0.2, -0.15) is 5.10 Å². The Bertz CT molecular complexity index is 1060. The summed E-state index contributed by atoms with van der Waals surface area (Å²) in [6.07, 6.45) is 1.60. The molecule has 0 unspecified atom stereocenters. The minimum atomic E-state index is -0.197. The molecule has 0 N–H and O–H groups in total. The van der Waals surface area contributed by atoms with E-state index in [-0.39, 0.29) is 17.6 Å². The molecule has 0 bridgehead atoms. The van der Waals surface area contributed by atoms with E-state index < -0.39 is 0 Å². The fourth-order valence-electron chi connectivity index (χ4n) is 4.04. The van der Waals surface area contributed by atoms with Crippen molar-refractivity contribution < 1.29 is 14.3 Å². The van der Waals surface area contributed by atoms with E-state index in [0.717, 1.165) is 24.3 Å². The lowest BCUT2D eigenvalue weighted by molar-refractivity contribution is 0.0627. The molecule has 2 aromatic carbocycles. The molecule has 6 heteroatoms. The number of amides is 1. The third-order valence-electron chi connectivity index (χ3n) is 5.62. The molecule has 160 valence electrons. The lowest BCUT2D eigenvalue weighted by atomic mass is 9.90. The van der Waals surface area contributed by atoms with Gasteiger partial charge in [-0.1, -0.05) is 18.2 Å². The van der Waals surface area contributed by atoms with Crippen LogP contribution in [0.1, 0.15) is 46.3 Å². The minimum absolute atomic E-state index is 0.0495.